The number of aromatic nitrogens is 2. The summed E-state index contributed by atoms with van der Waals surface area (Å²) < 4.78 is 0. The van der Waals surface area contributed by atoms with E-state index in [0.717, 1.165) is 5.69 Å². The summed E-state index contributed by atoms with van der Waals surface area (Å²) in [4.78, 5) is 7.92. The zero-order valence-corrected chi connectivity index (χ0v) is 7.94. The zero-order valence-electron chi connectivity index (χ0n) is 6.43. The van der Waals surface area contributed by atoms with E-state index < -0.39 is 0 Å². The van der Waals surface area contributed by atoms with Crippen LogP contribution < -0.4 is 0 Å². The van der Waals surface area contributed by atoms with Crippen molar-refractivity contribution in [2.24, 2.45) is 0 Å². The molecule has 1 aliphatic carbocycles. The molecular weight excluding hydrogens is 195 g/mol. The van der Waals surface area contributed by atoms with Crippen molar-refractivity contribution in [3.8, 4) is 0 Å². The molecule has 1 aliphatic rings. The molecule has 0 atom stereocenters. The Morgan fingerprint density at radius 1 is 1.33 bits per heavy atom. The van der Waals surface area contributed by atoms with Crippen LogP contribution in [-0.2, 0) is 0 Å². The maximum atomic E-state index is 5.92. The molecule has 0 radical (unpaired) electrons. The second-order valence-electron chi connectivity index (χ2n) is 3.00. The lowest BCUT2D eigenvalue weighted by atomic mass is 9.83. The van der Waals surface area contributed by atoms with Crippen LogP contribution >= 0.6 is 23.2 Å². The van der Waals surface area contributed by atoms with Crippen molar-refractivity contribution in [1.82, 2.24) is 9.97 Å². The molecule has 0 aliphatic heterocycles. The fourth-order valence-corrected chi connectivity index (χ4v) is 1.71. The van der Waals surface area contributed by atoms with E-state index in [2.05, 4.69) is 9.97 Å². The van der Waals surface area contributed by atoms with Gasteiger partial charge in [-0.05, 0) is 24.4 Å². The molecule has 1 heterocycles. The molecule has 2 rings (SSSR count). The summed E-state index contributed by atoms with van der Waals surface area (Å²) in [5.74, 6) is 0.512. The van der Waals surface area contributed by atoms with Crippen molar-refractivity contribution in [2.45, 2.75) is 25.2 Å². The van der Waals surface area contributed by atoms with Crippen LogP contribution in [0.15, 0.2) is 6.20 Å². The van der Waals surface area contributed by atoms with Gasteiger partial charge in [0.25, 0.3) is 0 Å². The van der Waals surface area contributed by atoms with E-state index in [-0.39, 0.29) is 0 Å². The average molecular weight is 203 g/mol. The molecule has 64 valence electrons. The fourth-order valence-electron chi connectivity index (χ4n) is 1.33. The number of hydrogen-bond donors (Lipinski definition) is 0. The van der Waals surface area contributed by atoms with Crippen molar-refractivity contribution in [3.05, 3.63) is 22.2 Å². The van der Waals surface area contributed by atoms with Gasteiger partial charge in [0.2, 0.25) is 5.28 Å². The van der Waals surface area contributed by atoms with Crippen LogP contribution in [0.25, 0.3) is 0 Å². The maximum Gasteiger partial charge on any atom is 0.222 e. The Morgan fingerprint density at radius 3 is 2.67 bits per heavy atom. The number of hydrogen-bond acceptors (Lipinski definition) is 2. The Hall–Kier alpha value is -0.340. The normalized spacial score (nSPS) is 17.5. The molecule has 0 spiro atoms. The Morgan fingerprint density at radius 2 is 2.08 bits per heavy atom. The molecule has 0 N–H and O–H groups in total. The van der Waals surface area contributed by atoms with E-state index in [1.54, 1.807) is 6.20 Å². The number of rotatable bonds is 1. The van der Waals surface area contributed by atoms with Crippen molar-refractivity contribution < 1.29 is 0 Å². The highest BCUT2D eigenvalue weighted by molar-refractivity contribution is 6.32. The van der Waals surface area contributed by atoms with Gasteiger partial charge in [0, 0.05) is 5.92 Å². The van der Waals surface area contributed by atoms with E-state index >= 15 is 0 Å². The summed E-state index contributed by atoms with van der Waals surface area (Å²) in [6.07, 6.45) is 5.19. The van der Waals surface area contributed by atoms with Crippen molar-refractivity contribution in [1.29, 1.82) is 0 Å². The monoisotopic (exact) mass is 202 g/mol. The molecule has 0 aromatic carbocycles. The van der Waals surface area contributed by atoms with Gasteiger partial charge in [-0.2, -0.15) is 0 Å². The van der Waals surface area contributed by atoms with Gasteiger partial charge >= 0.3 is 0 Å². The maximum absolute atomic E-state index is 5.92. The molecule has 4 heteroatoms. The SMILES string of the molecule is Clc1ncc(Cl)c(C2CCC2)n1. The Bertz CT molecular complexity index is 297. The summed E-state index contributed by atoms with van der Waals surface area (Å²) in [5.41, 5.74) is 0.919. The smallest absolute Gasteiger partial charge is 0.222 e. The molecule has 0 bridgehead atoms. The first-order valence-corrected chi connectivity index (χ1v) is 4.71. The fraction of sp³-hybridized carbons (Fsp3) is 0.500. The molecule has 2 nitrogen and oxygen atoms in total. The van der Waals surface area contributed by atoms with Crippen LogP contribution in [0.4, 0.5) is 0 Å². The van der Waals surface area contributed by atoms with Gasteiger partial charge < -0.3 is 0 Å². The van der Waals surface area contributed by atoms with Crippen LogP contribution in [0, 0.1) is 0 Å². The minimum Gasteiger partial charge on any atom is -0.225 e. The second-order valence-corrected chi connectivity index (χ2v) is 3.75. The Balaban J connectivity index is 2.34. The molecule has 1 fully saturated rings. The predicted octanol–water partition coefficient (Wildman–Crippen LogP) is 3.05. The van der Waals surface area contributed by atoms with Gasteiger partial charge in [0.1, 0.15) is 0 Å². The third kappa shape index (κ3) is 1.41. The second kappa shape index (κ2) is 3.19. The van der Waals surface area contributed by atoms with Crippen molar-refractivity contribution >= 4 is 23.2 Å². The molecule has 0 amide bonds. The van der Waals surface area contributed by atoms with E-state index in [0.29, 0.717) is 16.2 Å². The summed E-state index contributed by atoms with van der Waals surface area (Å²) >= 11 is 11.6. The standard InChI is InChI=1S/C8H8Cl2N2/c9-6-4-11-8(10)12-7(6)5-2-1-3-5/h4-5H,1-3H2. The molecule has 12 heavy (non-hydrogen) atoms. The highest BCUT2D eigenvalue weighted by atomic mass is 35.5. The Kier molecular flexibility index (Phi) is 2.20. The first-order chi connectivity index (χ1) is 5.77. The van der Waals surface area contributed by atoms with Crippen LogP contribution in [0.1, 0.15) is 30.9 Å². The molecule has 1 aromatic heterocycles. The largest absolute Gasteiger partial charge is 0.225 e. The third-order valence-electron chi connectivity index (χ3n) is 2.23. The minimum atomic E-state index is 0.293. The van der Waals surface area contributed by atoms with E-state index in [9.17, 15) is 0 Å². The average Bonchev–Trinajstić information content (AvgIpc) is 1.93. The molecule has 1 aromatic rings. The van der Waals surface area contributed by atoms with Gasteiger partial charge in [-0.25, -0.2) is 9.97 Å². The summed E-state index contributed by atoms with van der Waals surface area (Å²) in [6, 6.07) is 0. The number of nitrogens with zero attached hydrogens (tertiary/aromatic N) is 2. The first kappa shape index (κ1) is 8.27. The molecule has 0 unspecified atom stereocenters. The van der Waals surface area contributed by atoms with Crippen molar-refractivity contribution in [3.63, 3.8) is 0 Å². The van der Waals surface area contributed by atoms with E-state index in [1.807, 2.05) is 0 Å². The van der Waals surface area contributed by atoms with Gasteiger partial charge in [0.15, 0.2) is 0 Å². The highest BCUT2D eigenvalue weighted by Crippen LogP contribution is 2.38. The quantitative estimate of drug-likeness (QED) is 0.655. The van der Waals surface area contributed by atoms with Crippen LogP contribution in [-0.4, -0.2) is 9.97 Å². The molecule has 0 saturated heterocycles. The number of halogens is 2. The summed E-state index contributed by atoms with van der Waals surface area (Å²) in [7, 11) is 0. The van der Waals surface area contributed by atoms with Crippen molar-refractivity contribution in [2.75, 3.05) is 0 Å². The van der Waals surface area contributed by atoms with Gasteiger partial charge in [0.05, 0.1) is 16.9 Å². The predicted molar refractivity (Wildman–Crippen MR) is 48.6 cm³/mol. The Labute approximate surface area is 80.9 Å². The minimum absolute atomic E-state index is 0.293. The van der Waals surface area contributed by atoms with Gasteiger partial charge in [-0.15, -0.1) is 0 Å². The summed E-state index contributed by atoms with van der Waals surface area (Å²) in [5, 5.41) is 0.936. The zero-order chi connectivity index (χ0) is 8.55. The third-order valence-corrected chi connectivity index (χ3v) is 2.71. The van der Waals surface area contributed by atoms with Gasteiger partial charge in [-0.1, -0.05) is 18.0 Å². The lowest BCUT2D eigenvalue weighted by Crippen LogP contribution is -2.11. The van der Waals surface area contributed by atoms with Crippen LogP contribution in [0.3, 0.4) is 0 Å². The topological polar surface area (TPSA) is 25.8 Å². The van der Waals surface area contributed by atoms with Crippen LogP contribution in [0.2, 0.25) is 10.3 Å². The summed E-state index contributed by atoms with van der Waals surface area (Å²) in [6.45, 7) is 0. The van der Waals surface area contributed by atoms with E-state index in [4.69, 9.17) is 23.2 Å². The van der Waals surface area contributed by atoms with E-state index in [1.165, 1.54) is 19.3 Å². The lowest BCUT2D eigenvalue weighted by molar-refractivity contribution is 0.411. The van der Waals surface area contributed by atoms with Crippen LogP contribution in [0.5, 0.6) is 0 Å². The molecular formula is C8H8Cl2N2. The first-order valence-electron chi connectivity index (χ1n) is 3.95. The lowest BCUT2D eigenvalue weighted by Gasteiger charge is -2.25. The molecule has 1 saturated carbocycles. The highest BCUT2D eigenvalue weighted by Gasteiger charge is 2.23. The van der Waals surface area contributed by atoms with Gasteiger partial charge in [-0.3, -0.25) is 0 Å².